The van der Waals surface area contributed by atoms with E-state index in [0.29, 0.717) is 55.8 Å². The molecule has 2 saturated heterocycles. The Morgan fingerprint density at radius 3 is 2.52 bits per heavy atom. The summed E-state index contributed by atoms with van der Waals surface area (Å²) in [5.74, 6) is -0.194. The minimum atomic E-state index is -4.57. The number of aromatic nitrogens is 2. The number of nitrogens with one attached hydrogen (secondary N) is 3. The summed E-state index contributed by atoms with van der Waals surface area (Å²) in [5, 5.41) is 16.9. The predicted molar refractivity (Wildman–Crippen MR) is 259 cm³/mol. The molecule has 9 rings (SSSR count). The number of ether oxygens (including phenoxy) is 2. The van der Waals surface area contributed by atoms with Crippen LogP contribution in [0, 0.1) is 21.4 Å². The fourth-order valence-electron chi connectivity index (χ4n) is 9.61. The number of benzene rings is 3. The van der Waals surface area contributed by atoms with Crippen molar-refractivity contribution in [3.8, 4) is 5.88 Å². The minimum absolute atomic E-state index is 0.118. The Morgan fingerprint density at radius 1 is 0.955 bits per heavy atom. The maximum atomic E-state index is 14.4. The quantitative estimate of drug-likeness (QED) is 0.0801. The summed E-state index contributed by atoms with van der Waals surface area (Å²) < 4.78 is 41.9. The molecule has 4 aliphatic rings. The van der Waals surface area contributed by atoms with Crippen molar-refractivity contribution >= 4 is 72.6 Å². The normalized spacial score (nSPS) is 18.6. The largest absolute Gasteiger partial charge is 0.476 e. The molecule has 0 atom stereocenters. The summed E-state index contributed by atoms with van der Waals surface area (Å²) in [4.78, 5) is 40.4. The van der Waals surface area contributed by atoms with Gasteiger partial charge in [0.2, 0.25) is 5.88 Å². The number of rotatable bonds is 12. The molecule has 3 N–H and O–H groups in total. The zero-order chi connectivity index (χ0) is 46.0. The van der Waals surface area contributed by atoms with E-state index in [9.17, 15) is 23.3 Å². The van der Waals surface area contributed by atoms with Gasteiger partial charge >= 0.3 is 0 Å². The molecule has 3 aliphatic heterocycles. The van der Waals surface area contributed by atoms with Gasteiger partial charge in [-0.15, -0.1) is 0 Å². The average Bonchev–Trinajstić information content (AvgIpc) is 3.77. The third-order valence-electron chi connectivity index (χ3n) is 13.5. The zero-order valence-corrected chi connectivity index (χ0v) is 39.1. The summed E-state index contributed by atoms with van der Waals surface area (Å²) in [6, 6.07) is 21.3. The Balaban J connectivity index is 0.996. The van der Waals surface area contributed by atoms with E-state index in [2.05, 4.69) is 50.8 Å². The lowest BCUT2D eigenvalue weighted by molar-refractivity contribution is -0.384. The Morgan fingerprint density at radius 2 is 1.74 bits per heavy atom. The number of hydrogen-bond acceptors (Lipinski definition) is 12. The standard InChI is InChI=1S/C49H57ClN8O7S/c1-49(2)17-13-36(41(30-49)34-5-7-37(50)8-6-34)32-55-20-22-56(23-21-55)38-9-11-40(43(28-38)57-19-3-4-24-65-48-45(57)27-35-14-18-51-46(35)53-48)47(59)54-66(62,63)39-10-12-42(44(29-39)58(60)61)52-31-33-15-25-64-26-16-33/h5-12,14,18,27-29,33,52H,3-4,13,15-17,19-26,30-32H2,1-2H3,(H,51,53)(H,54,59). The van der Waals surface area contributed by atoms with Gasteiger partial charge < -0.3 is 29.6 Å². The second-order valence-electron chi connectivity index (χ2n) is 18.6. The molecule has 1 amide bonds. The van der Waals surface area contributed by atoms with E-state index in [-0.39, 0.29) is 22.6 Å². The average molecular weight is 938 g/mol. The molecule has 0 radical (unpaired) electrons. The fourth-order valence-corrected chi connectivity index (χ4v) is 10.7. The Kier molecular flexibility index (Phi) is 13.3. The predicted octanol–water partition coefficient (Wildman–Crippen LogP) is 9.18. The summed E-state index contributed by atoms with van der Waals surface area (Å²) in [6.45, 7) is 11.5. The highest BCUT2D eigenvalue weighted by atomic mass is 35.5. The minimum Gasteiger partial charge on any atom is -0.476 e. The first-order valence-electron chi connectivity index (χ1n) is 22.9. The summed E-state index contributed by atoms with van der Waals surface area (Å²) in [6.07, 6.45) is 8.14. The summed E-state index contributed by atoms with van der Waals surface area (Å²) in [7, 11) is -4.57. The SMILES string of the molecule is CC1(C)CCC(CN2CCN(c3ccc(C(=O)NS(=O)(=O)c4ccc(NCC5CCOCC5)c([N+](=O)[O-])c4)c(N4CCCCOc5nc6[nH]ccc6cc54)c3)CC2)=C(c2ccc(Cl)cc2)C1. The number of aromatic amines is 1. The van der Waals surface area contributed by atoms with E-state index in [1.807, 2.05) is 47.5 Å². The van der Waals surface area contributed by atoms with Gasteiger partial charge in [-0.25, -0.2) is 13.1 Å². The number of hydrogen-bond donors (Lipinski definition) is 3. The number of fused-ring (bicyclic) bond motifs is 2. The maximum absolute atomic E-state index is 14.4. The molecule has 17 heteroatoms. The molecule has 2 fully saturated rings. The first-order chi connectivity index (χ1) is 31.8. The maximum Gasteiger partial charge on any atom is 0.293 e. The Labute approximate surface area is 390 Å². The lowest BCUT2D eigenvalue weighted by atomic mass is 9.72. The molecule has 1 aliphatic carbocycles. The molecule has 5 aromatic rings. The number of sulfonamides is 1. The van der Waals surface area contributed by atoms with Crippen molar-refractivity contribution in [3.63, 3.8) is 0 Å². The summed E-state index contributed by atoms with van der Waals surface area (Å²) >= 11 is 6.28. The van der Waals surface area contributed by atoms with Crippen LogP contribution in [0.2, 0.25) is 5.02 Å². The van der Waals surface area contributed by atoms with Crippen LogP contribution in [0.5, 0.6) is 5.88 Å². The first-order valence-corrected chi connectivity index (χ1v) is 24.8. The molecule has 66 heavy (non-hydrogen) atoms. The van der Waals surface area contributed by atoms with E-state index >= 15 is 0 Å². The molecule has 0 spiro atoms. The number of halogens is 1. The van der Waals surface area contributed by atoms with Gasteiger partial charge in [-0.2, -0.15) is 4.98 Å². The van der Waals surface area contributed by atoms with E-state index in [0.717, 1.165) is 99.8 Å². The summed E-state index contributed by atoms with van der Waals surface area (Å²) in [5.41, 5.74) is 6.99. The van der Waals surface area contributed by atoms with Crippen molar-refractivity contribution in [3.05, 3.63) is 111 Å². The van der Waals surface area contributed by atoms with Crippen LogP contribution in [0.3, 0.4) is 0 Å². The second-order valence-corrected chi connectivity index (χ2v) is 20.8. The van der Waals surface area contributed by atoms with Crippen LogP contribution in [0.4, 0.5) is 28.4 Å². The van der Waals surface area contributed by atoms with Crippen molar-refractivity contribution in [1.29, 1.82) is 0 Å². The van der Waals surface area contributed by atoms with Crippen LogP contribution in [0.15, 0.2) is 89.5 Å². The highest BCUT2D eigenvalue weighted by Crippen LogP contribution is 2.44. The highest BCUT2D eigenvalue weighted by Gasteiger charge is 2.32. The molecule has 348 valence electrons. The number of piperazine rings is 1. The van der Waals surface area contributed by atoms with Gasteiger partial charge in [0.15, 0.2) is 0 Å². The lowest BCUT2D eigenvalue weighted by Gasteiger charge is -2.39. The topological polar surface area (TPSA) is 175 Å². The molecule has 0 bridgehead atoms. The number of nitro benzene ring substituents is 1. The molecule has 3 aromatic carbocycles. The monoisotopic (exact) mass is 936 g/mol. The number of nitrogens with zero attached hydrogens (tertiary/aromatic N) is 5. The molecule has 2 aromatic heterocycles. The lowest BCUT2D eigenvalue weighted by Crippen LogP contribution is -2.47. The van der Waals surface area contributed by atoms with Crippen LogP contribution in [0.1, 0.15) is 74.7 Å². The molecular weight excluding hydrogens is 880 g/mol. The van der Waals surface area contributed by atoms with Gasteiger partial charge in [-0.1, -0.05) is 43.2 Å². The van der Waals surface area contributed by atoms with Crippen LogP contribution in [-0.2, 0) is 14.8 Å². The van der Waals surface area contributed by atoms with Crippen molar-refractivity contribution in [2.75, 3.05) is 80.8 Å². The van der Waals surface area contributed by atoms with Crippen LogP contribution in [-0.4, -0.2) is 99.8 Å². The molecule has 15 nitrogen and oxygen atoms in total. The van der Waals surface area contributed by atoms with Crippen molar-refractivity contribution in [2.45, 2.75) is 63.7 Å². The number of pyridine rings is 1. The van der Waals surface area contributed by atoms with Crippen LogP contribution >= 0.6 is 11.6 Å². The van der Waals surface area contributed by atoms with E-state index in [4.69, 9.17) is 26.1 Å². The van der Waals surface area contributed by atoms with Gasteiger partial charge in [0.25, 0.3) is 21.6 Å². The van der Waals surface area contributed by atoms with Crippen molar-refractivity contribution in [2.24, 2.45) is 11.3 Å². The van der Waals surface area contributed by atoms with Crippen molar-refractivity contribution < 1.29 is 27.6 Å². The van der Waals surface area contributed by atoms with Gasteiger partial charge in [0.05, 0.1) is 27.7 Å². The number of carbonyl (C=O) groups is 1. The number of carbonyl (C=O) groups excluding carboxylic acids is 1. The van der Waals surface area contributed by atoms with Crippen molar-refractivity contribution in [1.82, 2.24) is 19.6 Å². The highest BCUT2D eigenvalue weighted by molar-refractivity contribution is 7.90. The number of allylic oxidation sites excluding steroid dienone is 1. The number of nitro groups is 1. The zero-order valence-electron chi connectivity index (χ0n) is 37.5. The Bertz CT molecular complexity index is 2750. The van der Waals surface area contributed by atoms with Gasteiger partial charge in [0.1, 0.15) is 17.0 Å². The third-order valence-corrected chi connectivity index (χ3v) is 15.0. The second kappa shape index (κ2) is 19.3. The number of amides is 1. The van der Waals surface area contributed by atoms with E-state index in [1.165, 1.54) is 28.8 Å². The van der Waals surface area contributed by atoms with Gasteiger partial charge in [0, 0.05) is 87.4 Å². The number of anilines is 4. The molecular formula is C49H57ClN8O7S. The smallest absolute Gasteiger partial charge is 0.293 e. The van der Waals surface area contributed by atoms with E-state index in [1.54, 1.807) is 6.07 Å². The molecule has 0 saturated carbocycles. The van der Waals surface area contributed by atoms with E-state index < -0.39 is 31.4 Å². The van der Waals surface area contributed by atoms with Gasteiger partial charge in [-0.3, -0.25) is 19.8 Å². The van der Waals surface area contributed by atoms with Gasteiger partial charge in [-0.05, 0) is 122 Å². The Hall–Kier alpha value is -5.68. The van der Waals surface area contributed by atoms with Crippen LogP contribution < -0.4 is 24.6 Å². The van der Waals surface area contributed by atoms with Crippen LogP contribution in [0.25, 0.3) is 16.6 Å². The third kappa shape index (κ3) is 10.2. The fraction of sp³-hybridized carbons (Fsp3) is 0.429. The number of H-pyrrole nitrogens is 1. The molecule has 5 heterocycles. The molecule has 0 unspecified atom stereocenters. The first kappa shape index (κ1) is 45.5.